The van der Waals surface area contributed by atoms with Gasteiger partial charge in [-0.1, -0.05) is 6.07 Å². The van der Waals surface area contributed by atoms with Crippen LogP contribution in [0, 0.1) is 13.8 Å². The summed E-state index contributed by atoms with van der Waals surface area (Å²) in [5.41, 5.74) is 2.88. The summed E-state index contributed by atoms with van der Waals surface area (Å²) in [5, 5.41) is 0. The van der Waals surface area contributed by atoms with E-state index in [9.17, 15) is 4.79 Å². The van der Waals surface area contributed by atoms with E-state index in [-0.39, 0.29) is 11.9 Å². The van der Waals surface area contributed by atoms with Gasteiger partial charge >= 0.3 is 6.01 Å². The summed E-state index contributed by atoms with van der Waals surface area (Å²) in [6.07, 6.45) is 3.31. The summed E-state index contributed by atoms with van der Waals surface area (Å²) in [6.45, 7) is 3.76. The lowest BCUT2D eigenvalue weighted by Gasteiger charge is -2.17. The number of benzene rings is 1. The molecule has 25 heavy (non-hydrogen) atoms. The molecular weight excluding hydrogens is 316 g/mol. The Morgan fingerprint density at radius 3 is 2.48 bits per heavy atom. The van der Waals surface area contributed by atoms with E-state index < -0.39 is 0 Å². The van der Waals surface area contributed by atoms with E-state index in [0.717, 1.165) is 17.1 Å². The van der Waals surface area contributed by atoms with Crippen LogP contribution in [0.3, 0.4) is 0 Å². The van der Waals surface area contributed by atoms with Crippen molar-refractivity contribution in [1.29, 1.82) is 0 Å². The molecule has 0 unspecified atom stereocenters. The highest BCUT2D eigenvalue weighted by molar-refractivity contribution is 6.05. The Morgan fingerprint density at radius 1 is 1.04 bits per heavy atom. The molecule has 1 amide bonds. The Kier molecular flexibility index (Phi) is 4.70. The van der Waals surface area contributed by atoms with E-state index in [0.29, 0.717) is 11.3 Å². The summed E-state index contributed by atoms with van der Waals surface area (Å²) in [7, 11) is 1.71. The number of carbonyl (C=O) groups excluding carboxylic acids is 1. The van der Waals surface area contributed by atoms with Crippen LogP contribution in [0.2, 0.25) is 0 Å². The molecule has 0 saturated carbocycles. The van der Waals surface area contributed by atoms with Gasteiger partial charge in [0.05, 0.1) is 11.9 Å². The molecule has 6 nitrogen and oxygen atoms in total. The first kappa shape index (κ1) is 16.6. The standard InChI is InChI=1S/C19H18N4O2/c1-13-10-14(2)22-19(21-13)25-17-8-4-6-15(11-17)18(24)23(3)16-7-5-9-20-12-16/h4-12H,1-3H3. The molecule has 1 aromatic carbocycles. The maximum atomic E-state index is 12.7. The number of amides is 1. The van der Waals surface area contributed by atoms with E-state index in [1.807, 2.05) is 26.0 Å². The zero-order valence-electron chi connectivity index (χ0n) is 14.3. The van der Waals surface area contributed by atoms with Crippen LogP contribution in [0.4, 0.5) is 5.69 Å². The van der Waals surface area contributed by atoms with Crippen molar-refractivity contribution in [2.45, 2.75) is 13.8 Å². The van der Waals surface area contributed by atoms with Crippen molar-refractivity contribution in [2.24, 2.45) is 0 Å². The highest BCUT2D eigenvalue weighted by Crippen LogP contribution is 2.21. The van der Waals surface area contributed by atoms with Gasteiger partial charge < -0.3 is 9.64 Å². The minimum Gasteiger partial charge on any atom is -0.424 e. The molecule has 3 rings (SSSR count). The van der Waals surface area contributed by atoms with E-state index >= 15 is 0 Å². The van der Waals surface area contributed by atoms with Gasteiger partial charge in [0.2, 0.25) is 0 Å². The molecule has 0 saturated heterocycles. The first-order chi connectivity index (χ1) is 12.0. The second-order valence-corrected chi connectivity index (χ2v) is 5.64. The fourth-order valence-corrected chi connectivity index (χ4v) is 2.40. The highest BCUT2D eigenvalue weighted by Gasteiger charge is 2.14. The minimum absolute atomic E-state index is 0.153. The fraction of sp³-hybridized carbons (Fsp3) is 0.158. The molecule has 0 radical (unpaired) electrons. The van der Waals surface area contributed by atoms with Gasteiger partial charge in [0.1, 0.15) is 5.75 Å². The van der Waals surface area contributed by atoms with Gasteiger partial charge in [-0.25, -0.2) is 9.97 Å². The van der Waals surface area contributed by atoms with Crippen LogP contribution in [0.15, 0.2) is 54.9 Å². The molecule has 0 spiro atoms. The molecule has 126 valence electrons. The maximum Gasteiger partial charge on any atom is 0.322 e. The van der Waals surface area contributed by atoms with Gasteiger partial charge in [-0.3, -0.25) is 9.78 Å². The minimum atomic E-state index is -0.153. The van der Waals surface area contributed by atoms with Crippen LogP contribution < -0.4 is 9.64 Å². The average Bonchev–Trinajstić information content (AvgIpc) is 2.60. The molecule has 6 heteroatoms. The summed E-state index contributed by atoms with van der Waals surface area (Å²) in [6, 6.07) is 12.7. The molecule has 0 N–H and O–H groups in total. The quantitative estimate of drug-likeness (QED) is 0.730. The molecule has 2 heterocycles. The molecule has 0 aliphatic heterocycles. The predicted molar refractivity (Wildman–Crippen MR) is 95.0 cm³/mol. The predicted octanol–water partition coefficient (Wildman–Crippen LogP) is 3.56. The van der Waals surface area contributed by atoms with Crippen LogP contribution in [0.25, 0.3) is 0 Å². The Bertz CT molecular complexity index is 877. The van der Waals surface area contributed by atoms with Crippen LogP contribution in [-0.2, 0) is 0 Å². The number of pyridine rings is 1. The third-order valence-electron chi connectivity index (χ3n) is 3.59. The third-order valence-corrected chi connectivity index (χ3v) is 3.59. The van der Waals surface area contributed by atoms with Gasteiger partial charge in [0, 0.05) is 30.2 Å². The van der Waals surface area contributed by atoms with Crippen molar-refractivity contribution in [3.63, 3.8) is 0 Å². The molecule has 2 aromatic heterocycles. The first-order valence-electron chi connectivity index (χ1n) is 7.81. The van der Waals surface area contributed by atoms with Gasteiger partial charge in [-0.15, -0.1) is 0 Å². The van der Waals surface area contributed by atoms with Crippen molar-refractivity contribution in [1.82, 2.24) is 15.0 Å². The molecular formula is C19H18N4O2. The van der Waals surface area contributed by atoms with E-state index in [2.05, 4.69) is 15.0 Å². The Hall–Kier alpha value is -3.28. The number of ether oxygens (including phenoxy) is 1. The Labute approximate surface area is 146 Å². The van der Waals surface area contributed by atoms with E-state index in [1.165, 1.54) is 0 Å². The van der Waals surface area contributed by atoms with Crippen LogP contribution in [0.5, 0.6) is 11.8 Å². The summed E-state index contributed by atoms with van der Waals surface area (Å²) in [4.78, 5) is 26.7. The van der Waals surface area contributed by atoms with Crippen LogP contribution in [0.1, 0.15) is 21.7 Å². The maximum absolute atomic E-state index is 12.7. The van der Waals surface area contributed by atoms with Gasteiger partial charge in [0.25, 0.3) is 5.91 Å². The van der Waals surface area contributed by atoms with Crippen molar-refractivity contribution >= 4 is 11.6 Å². The van der Waals surface area contributed by atoms with E-state index in [4.69, 9.17) is 4.74 Å². The Balaban J connectivity index is 1.82. The molecule has 0 aliphatic carbocycles. The van der Waals surface area contributed by atoms with E-state index in [1.54, 1.807) is 54.7 Å². The summed E-state index contributed by atoms with van der Waals surface area (Å²) in [5.74, 6) is 0.357. The monoisotopic (exact) mass is 334 g/mol. The number of hydrogen-bond donors (Lipinski definition) is 0. The molecule has 0 bridgehead atoms. The lowest BCUT2D eigenvalue weighted by molar-refractivity contribution is 0.0992. The second-order valence-electron chi connectivity index (χ2n) is 5.64. The van der Waals surface area contributed by atoms with Gasteiger partial charge in [0.15, 0.2) is 0 Å². The molecule has 3 aromatic rings. The fourth-order valence-electron chi connectivity index (χ4n) is 2.40. The molecule has 0 atom stereocenters. The largest absolute Gasteiger partial charge is 0.424 e. The number of nitrogens with zero attached hydrogens (tertiary/aromatic N) is 4. The zero-order valence-corrected chi connectivity index (χ0v) is 14.3. The first-order valence-corrected chi connectivity index (χ1v) is 7.81. The van der Waals surface area contributed by atoms with Crippen molar-refractivity contribution in [3.8, 4) is 11.8 Å². The lowest BCUT2D eigenvalue weighted by Crippen LogP contribution is -2.26. The lowest BCUT2D eigenvalue weighted by atomic mass is 10.2. The number of aryl methyl sites for hydroxylation is 2. The highest BCUT2D eigenvalue weighted by atomic mass is 16.5. The SMILES string of the molecule is Cc1cc(C)nc(Oc2cccc(C(=O)N(C)c3cccnc3)c2)n1. The number of aromatic nitrogens is 3. The average molecular weight is 334 g/mol. The van der Waals surface area contributed by atoms with Crippen molar-refractivity contribution in [3.05, 3.63) is 71.8 Å². The zero-order chi connectivity index (χ0) is 17.8. The second kappa shape index (κ2) is 7.09. The smallest absolute Gasteiger partial charge is 0.322 e. The normalized spacial score (nSPS) is 10.4. The van der Waals surface area contributed by atoms with Crippen LogP contribution in [-0.4, -0.2) is 27.9 Å². The van der Waals surface area contributed by atoms with Gasteiger partial charge in [-0.05, 0) is 50.2 Å². The topological polar surface area (TPSA) is 68.2 Å². The van der Waals surface area contributed by atoms with Crippen molar-refractivity contribution < 1.29 is 9.53 Å². The molecule has 0 aliphatic rings. The third kappa shape index (κ3) is 3.98. The van der Waals surface area contributed by atoms with Crippen LogP contribution >= 0.6 is 0 Å². The number of anilines is 1. The Morgan fingerprint density at radius 2 is 1.80 bits per heavy atom. The molecule has 0 fully saturated rings. The summed E-state index contributed by atoms with van der Waals surface area (Å²) >= 11 is 0. The number of carbonyl (C=O) groups is 1. The number of rotatable bonds is 4. The number of hydrogen-bond acceptors (Lipinski definition) is 5. The summed E-state index contributed by atoms with van der Waals surface area (Å²) < 4.78 is 5.71. The van der Waals surface area contributed by atoms with Gasteiger partial charge in [-0.2, -0.15) is 0 Å². The van der Waals surface area contributed by atoms with Crippen molar-refractivity contribution in [2.75, 3.05) is 11.9 Å².